The van der Waals surface area contributed by atoms with Crippen molar-refractivity contribution in [1.82, 2.24) is 4.31 Å². The Morgan fingerprint density at radius 2 is 1.67 bits per heavy atom. The largest absolute Gasteiger partial charge is 0.497 e. The minimum atomic E-state index is -3.65. The van der Waals surface area contributed by atoms with E-state index in [1.54, 1.807) is 35.7 Å². The van der Waals surface area contributed by atoms with E-state index in [1.807, 2.05) is 25.1 Å². The number of rotatable bonds is 12. The van der Waals surface area contributed by atoms with Crippen LogP contribution in [0, 0.1) is 11.8 Å². The number of methoxy groups -OCH3 is 1. The molecule has 0 aromatic heterocycles. The molecule has 0 aliphatic carbocycles. The molecule has 0 spiro atoms. The lowest BCUT2D eigenvalue weighted by Crippen LogP contribution is -2.43. The maximum Gasteiger partial charge on any atom is 0.243 e. The van der Waals surface area contributed by atoms with Crippen LogP contribution in [-0.4, -0.2) is 39.0 Å². The third kappa shape index (κ3) is 6.56. The Morgan fingerprint density at radius 1 is 1.00 bits per heavy atom. The number of hydrogen-bond donors (Lipinski definition) is 1. The van der Waals surface area contributed by atoms with E-state index >= 15 is 0 Å². The zero-order chi connectivity index (χ0) is 22.1. The highest BCUT2D eigenvalue weighted by Crippen LogP contribution is 2.24. The summed E-state index contributed by atoms with van der Waals surface area (Å²) >= 11 is 0. The van der Waals surface area contributed by atoms with Gasteiger partial charge in [-0.2, -0.15) is 4.31 Å². The first-order chi connectivity index (χ1) is 14.3. The van der Waals surface area contributed by atoms with Gasteiger partial charge in [-0.15, -0.1) is 0 Å². The predicted octanol–water partition coefficient (Wildman–Crippen LogP) is 4.33. The van der Waals surface area contributed by atoms with Gasteiger partial charge in [-0.05, 0) is 36.0 Å². The normalized spacial score (nSPS) is 14.1. The Morgan fingerprint density at radius 3 is 2.27 bits per heavy atom. The van der Waals surface area contributed by atoms with Gasteiger partial charge < -0.3 is 10.5 Å². The molecular formula is C24H36N2O3S. The zero-order valence-corrected chi connectivity index (χ0v) is 19.4. The van der Waals surface area contributed by atoms with Crippen LogP contribution in [0.1, 0.15) is 39.2 Å². The van der Waals surface area contributed by atoms with E-state index in [0.717, 1.165) is 19.3 Å². The number of sulfonamides is 1. The van der Waals surface area contributed by atoms with Crippen molar-refractivity contribution in [1.29, 1.82) is 0 Å². The van der Waals surface area contributed by atoms with E-state index in [1.165, 1.54) is 5.56 Å². The van der Waals surface area contributed by atoms with E-state index in [4.69, 9.17) is 10.5 Å². The molecule has 2 atom stereocenters. The summed E-state index contributed by atoms with van der Waals surface area (Å²) in [4.78, 5) is 0.261. The number of nitrogens with two attached hydrogens (primary N) is 1. The number of ether oxygens (including phenoxy) is 1. The molecule has 2 aromatic carbocycles. The van der Waals surface area contributed by atoms with Crippen molar-refractivity contribution in [2.75, 3.05) is 20.2 Å². The van der Waals surface area contributed by atoms with E-state index < -0.39 is 10.0 Å². The molecule has 0 radical (unpaired) electrons. The van der Waals surface area contributed by atoms with Crippen molar-refractivity contribution in [3.8, 4) is 5.75 Å². The van der Waals surface area contributed by atoms with Crippen LogP contribution < -0.4 is 10.5 Å². The fourth-order valence-electron chi connectivity index (χ4n) is 3.56. The molecular weight excluding hydrogens is 396 g/mol. The third-order valence-electron chi connectivity index (χ3n) is 5.83. The second-order valence-electron chi connectivity index (χ2n) is 8.01. The Bertz CT molecular complexity index is 867. The number of hydrogen-bond acceptors (Lipinski definition) is 4. The minimum Gasteiger partial charge on any atom is -0.497 e. The molecule has 2 aromatic rings. The molecule has 0 aliphatic heterocycles. The highest BCUT2D eigenvalue weighted by atomic mass is 32.2. The highest BCUT2D eigenvalue weighted by Gasteiger charge is 2.29. The second-order valence-corrected chi connectivity index (χ2v) is 9.95. The Balaban J connectivity index is 2.25. The summed E-state index contributed by atoms with van der Waals surface area (Å²) in [5, 5.41) is 0. The Hall–Kier alpha value is -1.89. The smallest absolute Gasteiger partial charge is 0.243 e. The standard InChI is InChI=1S/C24H36N2O3S/c1-5-20(6-2)18-26(30(27,28)23-14-10-13-22(16-23)29-4)17-19(3)24(25)15-21-11-8-7-9-12-21/h7-14,16,19-20,24H,5-6,15,17-18,25H2,1-4H3/t19-,24?/m1/s1. The molecule has 0 aliphatic rings. The van der Waals surface area contributed by atoms with Gasteiger partial charge in [0, 0.05) is 25.2 Å². The topological polar surface area (TPSA) is 72.6 Å². The molecule has 1 unspecified atom stereocenters. The van der Waals surface area contributed by atoms with Crippen molar-refractivity contribution >= 4 is 10.0 Å². The average Bonchev–Trinajstić information content (AvgIpc) is 2.77. The summed E-state index contributed by atoms with van der Waals surface area (Å²) in [5.74, 6) is 0.857. The van der Waals surface area contributed by atoms with E-state index in [9.17, 15) is 8.42 Å². The maximum absolute atomic E-state index is 13.5. The third-order valence-corrected chi connectivity index (χ3v) is 7.66. The molecule has 2 rings (SSSR count). The van der Waals surface area contributed by atoms with Gasteiger partial charge in [-0.1, -0.05) is 70.0 Å². The van der Waals surface area contributed by atoms with Gasteiger partial charge in [0.15, 0.2) is 0 Å². The van der Waals surface area contributed by atoms with Crippen molar-refractivity contribution in [3.63, 3.8) is 0 Å². The molecule has 0 amide bonds. The molecule has 166 valence electrons. The summed E-state index contributed by atoms with van der Waals surface area (Å²) in [7, 11) is -2.11. The lowest BCUT2D eigenvalue weighted by molar-refractivity contribution is 0.278. The summed E-state index contributed by atoms with van der Waals surface area (Å²) < 4.78 is 33.9. The first kappa shape index (κ1) is 24.4. The van der Waals surface area contributed by atoms with E-state index in [-0.39, 0.29) is 16.9 Å². The first-order valence-electron chi connectivity index (χ1n) is 10.7. The van der Waals surface area contributed by atoms with Crippen LogP contribution in [0.3, 0.4) is 0 Å². The molecule has 0 saturated carbocycles. The van der Waals surface area contributed by atoms with Crippen LogP contribution in [0.2, 0.25) is 0 Å². The molecule has 5 nitrogen and oxygen atoms in total. The monoisotopic (exact) mass is 432 g/mol. The van der Waals surface area contributed by atoms with Gasteiger partial charge in [0.25, 0.3) is 0 Å². The van der Waals surface area contributed by atoms with Crippen LogP contribution in [0.15, 0.2) is 59.5 Å². The molecule has 2 N–H and O–H groups in total. The fourth-order valence-corrected chi connectivity index (χ4v) is 5.21. The minimum absolute atomic E-state index is 0.0138. The predicted molar refractivity (Wildman–Crippen MR) is 123 cm³/mol. The van der Waals surface area contributed by atoms with Gasteiger partial charge in [-0.3, -0.25) is 0 Å². The SMILES string of the molecule is CCC(CC)CN(C[C@@H](C)C(N)Cc1ccccc1)S(=O)(=O)c1cccc(OC)c1. The van der Waals surface area contributed by atoms with Crippen molar-refractivity contribution < 1.29 is 13.2 Å². The number of nitrogens with zero attached hydrogens (tertiary/aromatic N) is 1. The fraction of sp³-hybridized carbons (Fsp3) is 0.500. The zero-order valence-electron chi connectivity index (χ0n) is 18.6. The van der Waals surface area contributed by atoms with Crippen molar-refractivity contribution in [2.24, 2.45) is 17.6 Å². The van der Waals surface area contributed by atoms with Crippen LogP contribution >= 0.6 is 0 Å². The van der Waals surface area contributed by atoms with E-state index in [2.05, 4.69) is 26.0 Å². The molecule has 0 fully saturated rings. The lowest BCUT2D eigenvalue weighted by Gasteiger charge is -2.30. The second kappa shape index (κ2) is 11.5. The van der Waals surface area contributed by atoms with Gasteiger partial charge in [0.05, 0.1) is 12.0 Å². The van der Waals surface area contributed by atoms with Gasteiger partial charge in [-0.25, -0.2) is 8.42 Å². The molecule has 0 heterocycles. The Labute approximate surface area is 182 Å². The van der Waals surface area contributed by atoms with Gasteiger partial charge in [0.1, 0.15) is 5.75 Å². The van der Waals surface area contributed by atoms with Crippen molar-refractivity contribution in [3.05, 3.63) is 60.2 Å². The molecule has 30 heavy (non-hydrogen) atoms. The molecule has 0 saturated heterocycles. The summed E-state index contributed by atoms with van der Waals surface area (Å²) in [6.45, 7) is 7.14. The first-order valence-corrected chi connectivity index (χ1v) is 12.2. The van der Waals surface area contributed by atoms with Crippen LogP contribution in [0.5, 0.6) is 5.75 Å². The summed E-state index contributed by atoms with van der Waals surface area (Å²) in [6.07, 6.45) is 2.59. The van der Waals surface area contributed by atoms with Gasteiger partial charge >= 0.3 is 0 Å². The van der Waals surface area contributed by atoms with Crippen LogP contribution in [0.25, 0.3) is 0 Å². The average molecular weight is 433 g/mol. The quantitative estimate of drug-likeness (QED) is 0.542. The Kier molecular flexibility index (Phi) is 9.34. The van der Waals surface area contributed by atoms with Crippen LogP contribution in [0.4, 0.5) is 0 Å². The van der Waals surface area contributed by atoms with Crippen LogP contribution in [-0.2, 0) is 16.4 Å². The summed E-state index contributed by atoms with van der Waals surface area (Å²) in [6, 6.07) is 16.7. The highest BCUT2D eigenvalue weighted by molar-refractivity contribution is 7.89. The van der Waals surface area contributed by atoms with E-state index in [0.29, 0.717) is 24.8 Å². The maximum atomic E-state index is 13.5. The number of benzene rings is 2. The van der Waals surface area contributed by atoms with Crippen molar-refractivity contribution in [2.45, 2.75) is 51.0 Å². The summed E-state index contributed by atoms with van der Waals surface area (Å²) in [5.41, 5.74) is 7.65. The lowest BCUT2D eigenvalue weighted by atomic mass is 9.95. The van der Waals surface area contributed by atoms with Gasteiger partial charge in [0.2, 0.25) is 10.0 Å². The molecule has 6 heteroatoms. The molecule has 0 bridgehead atoms.